The molecule has 0 aliphatic heterocycles. The third-order valence-electron chi connectivity index (χ3n) is 5.29. The van der Waals surface area contributed by atoms with Gasteiger partial charge in [0.05, 0.1) is 0 Å². The van der Waals surface area contributed by atoms with Gasteiger partial charge in [0.25, 0.3) is 0 Å². The maximum absolute atomic E-state index is 14.2. The normalized spacial score (nSPS) is 10.1. The van der Waals surface area contributed by atoms with Gasteiger partial charge in [0.15, 0.2) is 0 Å². The van der Waals surface area contributed by atoms with Crippen LogP contribution in [0, 0.1) is 35.3 Å². The van der Waals surface area contributed by atoms with Gasteiger partial charge in [-0.2, -0.15) is 0 Å². The van der Waals surface area contributed by atoms with Crippen molar-refractivity contribution in [2.45, 2.75) is 52.4 Å². The van der Waals surface area contributed by atoms with E-state index in [2.05, 4.69) is 37.5 Å². The van der Waals surface area contributed by atoms with E-state index in [1.165, 1.54) is 12.1 Å². The minimum Gasteiger partial charge on any atom is -0.207 e. The molecule has 0 saturated carbocycles. The number of hydrogen-bond donors (Lipinski definition) is 0. The van der Waals surface area contributed by atoms with E-state index in [4.69, 9.17) is 0 Å². The molecule has 32 heavy (non-hydrogen) atoms. The molecular weight excluding hydrogens is 398 g/mol. The lowest BCUT2D eigenvalue weighted by molar-refractivity contribution is 0.602. The molecule has 162 valence electrons. The summed E-state index contributed by atoms with van der Waals surface area (Å²) in [5.74, 6) is 11.8. The van der Waals surface area contributed by atoms with E-state index in [9.17, 15) is 8.78 Å². The van der Waals surface area contributed by atoms with Crippen LogP contribution in [0.2, 0.25) is 0 Å². The van der Waals surface area contributed by atoms with Gasteiger partial charge in [0.1, 0.15) is 11.6 Å². The minimum atomic E-state index is -0.189. The zero-order chi connectivity index (χ0) is 22.8. The van der Waals surface area contributed by atoms with E-state index >= 15 is 0 Å². The van der Waals surface area contributed by atoms with Crippen molar-refractivity contribution in [3.63, 3.8) is 0 Å². The summed E-state index contributed by atoms with van der Waals surface area (Å²) < 4.78 is 28.3. The summed E-state index contributed by atoms with van der Waals surface area (Å²) in [6, 6.07) is 17.9. The fraction of sp³-hybridized carbons (Fsp3) is 0.267. The molecule has 2 heteroatoms. The lowest BCUT2D eigenvalue weighted by Crippen LogP contribution is -1.91. The molecule has 0 aliphatic rings. The number of halogens is 2. The van der Waals surface area contributed by atoms with Crippen molar-refractivity contribution in [1.82, 2.24) is 0 Å². The topological polar surface area (TPSA) is 0 Å². The molecule has 0 unspecified atom stereocenters. The molecule has 3 rings (SSSR count). The second-order valence-corrected chi connectivity index (χ2v) is 7.90. The molecule has 0 aromatic heterocycles. The Bertz CT molecular complexity index is 1070. The molecule has 0 amide bonds. The number of unbranched alkanes of at least 4 members (excludes halogenated alkanes) is 2. The van der Waals surface area contributed by atoms with E-state index < -0.39 is 0 Å². The van der Waals surface area contributed by atoms with Crippen LogP contribution in [-0.2, 0) is 12.8 Å². The van der Waals surface area contributed by atoms with Crippen molar-refractivity contribution in [3.8, 4) is 23.7 Å². The molecule has 3 aromatic carbocycles. The summed E-state index contributed by atoms with van der Waals surface area (Å²) >= 11 is 0. The SMILES string of the molecule is CCCCc1ccc(C#Cc2ccc(C#Cc3ccc(CCCC)c(F)c3)cc2)cc1F. The Hall–Kier alpha value is -3.36. The van der Waals surface area contributed by atoms with E-state index in [1.807, 2.05) is 48.5 Å². The highest BCUT2D eigenvalue weighted by atomic mass is 19.1. The molecule has 3 aromatic rings. The minimum absolute atomic E-state index is 0.189. The average Bonchev–Trinajstić information content (AvgIpc) is 2.81. The zero-order valence-corrected chi connectivity index (χ0v) is 18.8. The third kappa shape index (κ3) is 6.83. The molecule has 0 radical (unpaired) electrons. The van der Waals surface area contributed by atoms with Crippen LogP contribution in [0.4, 0.5) is 8.78 Å². The van der Waals surface area contributed by atoms with Crippen LogP contribution in [-0.4, -0.2) is 0 Å². The Morgan fingerprint density at radius 2 is 0.875 bits per heavy atom. The Kier molecular flexibility index (Phi) is 8.65. The zero-order valence-electron chi connectivity index (χ0n) is 18.8. The molecule has 0 bridgehead atoms. The Morgan fingerprint density at radius 3 is 1.22 bits per heavy atom. The lowest BCUT2D eigenvalue weighted by Gasteiger charge is -2.02. The number of hydrogen-bond acceptors (Lipinski definition) is 0. The molecular formula is C30H28F2. The first-order chi connectivity index (χ1) is 15.6. The van der Waals surface area contributed by atoms with Gasteiger partial charge < -0.3 is 0 Å². The van der Waals surface area contributed by atoms with Gasteiger partial charge in [-0.3, -0.25) is 0 Å². The van der Waals surface area contributed by atoms with Gasteiger partial charge in [-0.15, -0.1) is 0 Å². The first kappa shape index (κ1) is 23.3. The molecule has 0 N–H and O–H groups in total. The quantitative estimate of drug-likeness (QED) is 0.359. The predicted octanol–water partition coefficient (Wildman–Crippen LogP) is 7.45. The van der Waals surface area contributed by atoms with E-state index in [-0.39, 0.29) is 11.6 Å². The monoisotopic (exact) mass is 426 g/mol. The van der Waals surface area contributed by atoms with Crippen LogP contribution in [0.3, 0.4) is 0 Å². The Morgan fingerprint density at radius 1 is 0.531 bits per heavy atom. The van der Waals surface area contributed by atoms with E-state index in [0.717, 1.165) is 60.8 Å². The summed E-state index contributed by atoms with van der Waals surface area (Å²) in [6.45, 7) is 4.19. The molecule has 0 saturated heterocycles. The first-order valence-electron chi connectivity index (χ1n) is 11.3. The van der Waals surface area contributed by atoms with Crippen molar-refractivity contribution < 1.29 is 8.78 Å². The van der Waals surface area contributed by atoms with Crippen LogP contribution < -0.4 is 0 Å². The number of rotatable bonds is 6. The molecule has 0 fully saturated rings. The summed E-state index contributed by atoms with van der Waals surface area (Å²) in [6.07, 6.45) is 5.57. The van der Waals surface area contributed by atoms with Crippen LogP contribution in [0.15, 0.2) is 60.7 Å². The first-order valence-corrected chi connectivity index (χ1v) is 11.3. The van der Waals surface area contributed by atoms with Gasteiger partial charge >= 0.3 is 0 Å². The van der Waals surface area contributed by atoms with Gasteiger partial charge in [0.2, 0.25) is 0 Å². The Labute approximate surface area is 190 Å². The molecule has 0 spiro atoms. The fourth-order valence-electron chi connectivity index (χ4n) is 3.32. The average molecular weight is 427 g/mol. The van der Waals surface area contributed by atoms with Crippen molar-refractivity contribution in [2.24, 2.45) is 0 Å². The second-order valence-electron chi connectivity index (χ2n) is 7.90. The summed E-state index contributed by atoms with van der Waals surface area (Å²) in [5.41, 5.74) is 4.48. The van der Waals surface area contributed by atoms with Crippen molar-refractivity contribution in [1.29, 1.82) is 0 Å². The highest BCUT2D eigenvalue weighted by Gasteiger charge is 2.03. The maximum atomic E-state index is 14.2. The van der Waals surface area contributed by atoms with E-state index in [1.54, 1.807) is 0 Å². The van der Waals surface area contributed by atoms with E-state index in [0.29, 0.717) is 11.1 Å². The van der Waals surface area contributed by atoms with Crippen LogP contribution in [0.5, 0.6) is 0 Å². The van der Waals surface area contributed by atoms with Gasteiger partial charge in [0, 0.05) is 22.3 Å². The number of aryl methyl sites for hydroxylation is 2. The van der Waals surface area contributed by atoms with Gasteiger partial charge in [-0.1, -0.05) is 62.5 Å². The van der Waals surface area contributed by atoms with Gasteiger partial charge in [-0.25, -0.2) is 8.78 Å². The molecule has 0 atom stereocenters. The highest BCUT2D eigenvalue weighted by molar-refractivity contribution is 5.48. The standard InChI is InChI=1S/C30H28F2/c1-3-5-7-27-19-17-25(21-29(27)31)15-13-23-9-11-24(12-10-23)14-16-26-18-20-28(8-6-4-2)30(32)22-26/h9-12,17-22H,3-8H2,1-2H3. The van der Waals surface area contributed by atoms with Crippen molar-refractivity contribution in [2.75, 3.05) is 0 Å². The molecule has 0 nitrogen and oxygen atoms in total. The Balaban J connectivity index is 1.66. The summed E-state index contributed by atoms with van der Waals surface area (Å²) in [7, 11) is 0. The second kappa shape index (κ2) is 11.9. The fourth-order valence-corrected chi connectivity index (χ4v) is 3.32. The lowest BCUT2D eigenvalue weighted by atomic mass is 10.0. The summed E-state index contributed by atoms with van der Waals surface area (Å²) in [5, 5.41) is 0. The van der Waals surface area contributed by atoms with Crippen molar-refractivity contribution in [3.05, 3.63) is 106 Å². The maximum Gasteiger partial charge on any atom is 0.127 e. The smallest absolute Gasteiger partial charge is 0.127 e. The van der Waals surface area contributed by atoms with Crippen LogP contribution in [0.1, 0.15) is 72.9 Å². The molecule has 0 aliphatic carbocycles. The largest absolute Gasteiger partial charge is 0.207 e. The summed E-state index contributed by atoms with van der Waals surface area (Å²) in [4.78, 5) is 0. The third-order valence-corrected chi connectivity index (χ3v) is 5.29. The number of benzene rings is 3. The highest BCUT2D eigenvalue weighted by Crippen LogP contribution is 2.14. The van der Waals surface area contributed by atoms with Crippen LogP contribution >= 0.6 is 0 Å². The van der Waals surface area contributed by atoms with Crippen molar-refractivity contribution >= 4 is 0 Å². The predicted molar refractivity (Wildman–Crippen MR) is 128 cm³/mol. The van der Waals surface area contributed by atoms with Gasteiger partial charge in [-0.05, 0) is 85.3 Å². The van der Waals surface area contributed by atoms with Crippen LogP contribution in [0.25, 0.3) is 0 Å². The molecule has 0 heterocycles.